The molecule has 0 unspecified atom stereocenters. The van der Waals surface area contributed by atoms with E-state index in [2.05, 4.69) is 9.97 Å². The van der Waals surface area contributed by atoms with Crippen LogP contribution in [0.25, 0.3) is 0 Å². The second-order valence-electron chi connectivity index (χ2n) is 4.30. The van der Waals surface area contributed by atoms with Crippen LogP contribution in [-0.4, -0.2) is 33.6 Å². The predicted molar refractivity (Wildman–Crippen MR) is 62.2 cm³/mol. The Kier molecular flexibility index (Phi) is 3.12. The van der Waals surface area contributed by atoms with Crippen molar-refractivity contribution in [2.75, 3.05) is 12.3 Å². The average molecular weight is 236 g/mol. The van der Waals surface area contributed by atoms with Gasteiger partial charge in [0, 0.05) is 24.7 Å². The van der Waals surface area contributed by atoms with Crippen molar-refractivity contribution in [3.8, 4) is 0 Å². The van der Waals surface area contributed by atoms with Crippen molar-refractivity contribution in [3.05, 3.63) is 17.5 Å². The molecule has 0 fully saturated rings. The largest absolute Gasteiger partial charge is 0.447 e. The van der Waals surface area contributed by atoms with E-state index < -0.39 is 0 Å². The minimum atomic E-state index is -0.289. The summed E-state index contributed by atoms with van der Waals surface area (Å²) in [5.41, 5.74) is 7.37. The van der Waals surface area contributed by atoms with Crippen LogP contribution in [0.2, 0.25) is 0 Å². The highest BCUT2D eigenvalue weighted by Crippen LogP contribution is 2.17. The maximum atomic E-state index is 11.7. The van der Waals surface area contributed by atoms with E-state index in [9.17, 15) is 4.79 Å². The van der Waals surface area contributed by atoms with Crippen molar-refractivity contribution in [1.82, 2.24) is 14.9 Å². The topological polar surface area (TPSA) is 81.3 Å². The normalized spacial score (nSPS) is 14.6. The first-order valence-electron chi connectivity index (χ1n) is 5.62. The number of aromatic nitrogens is 2. The number of ether oxygens (including phenoxy) is 1. The first-order chi connectivity index (χ1) is 8.06. The average Bonchev–Trinajstić information content (AvgIpc) is 2.27. The molecule has 0 bridgehead atoms. The van der Waals surface area contributed by atoms with Crippen molar-refractivity contribution in [2.24, 2.45) is 0 Å². The highest BCUT2D eigenvalue weighted by Gasteiger charge is 2.23. The van der Waals surface area contributed by atoms with E-state index in [4.69, 9.17) is 10.5 Å². The van der Waals surface area contributed by atoms with Crippen LogP contribution in [0.5, 0.6) is 0 Å². The molecular weight excluding hydrogens is 220 g/mol. The Bertz CT molecular complexity index is 433. The zero-order chi connectivity index (χ0) is 12.4. The second-order valence-corrected chi connectivity index (χ2v) is 4.30. The molecule has 0 saturated heterocycles. The number of carbonyl (C=O) groups excluding carboxylic acids is 1. The Hall–Kier alpha value is -1.85. The molecule has 0 atom stereocenters. The van der Waals surface area contributed by atoms with E-state index in [0.29, 0.717) is 19.5 Å². The van der Waals surface area contributed by atoms with Gasteiger partial charge in [-0.1, -0.05) is 0 Å². The number of carbonyl (C=O) groups is 1. The highest BCUT2D eigenvalue weighted by molar-refractivity contribution is 5.68. The molecule has 0 aromatic carbocycles. The highest BCUT2D eigenvalue weighted by atomic mass is 16.6. The molecule has 1 amide bonds. The molecule has 6 heteroatoms. The van der Waals surface area contributed by atoms with Crippen molar-refractivity contribution in [1.29, 1.82) is 0 Å². The number of hydrogen-bond donors (Lipinski definition) is 1. The third-order valence-corrected chi connectivity index (χ3v) is 2.55. The van der Waals surface area contributed by atoms with E-state index in [1.165, 1.54) is 0 Å². The molecule has 1 aliphatic heterocycles. The van der Waals surface area contributed by atoms with E-state index in [0.717, 1.165) is 11.3 Å². The summed E-state index contributed by atoms with van der Waals surface area (Å²) in [6.07, 6.45) is 1.97. The van der Waals surface area contributed by atoms with Gasteiger partial charge >= 0.3 is 6.09 Å². The molecule has 2 heterocycles. The lowest BCUT2D eigenvalue weighted by atomic mass is 10.1. The number of hydrogen-bond acceptors (Lipinski definition) is 5. The molecule has 92 valence electrons. The molecule has 0 radical (unpaired) electrons. The van der Waals surface area contributed by atoms with Crippen molar-refractivity contribution >= 4 is 12.0 Å². The number of rotatable bonds is 1. The minimum absolute atomic E-state index is 0.105. The summed E-state index contributed by atoms with van der Waals surface area (Å²) >= 11 is 0. The van der Waals surface area contributed by atoms with Gasteiger partial charge in [0.05, 0.1) is 18.3 Å². The molecular formula is C11H16N4O2. The molecule has 0 spiro atoms. The van der Waals surface area contributed by atoms with Gasteiger partial charge in [-0.05, 0) is 13.8 Å². The zero-order valence-corrected chi connectivity index (χ0v) is 10.0. The lowest BCUT2D eigenvalue weighted by Crippen LogP contribution is -2.37. The monoisotopic (exact) mass is 236 g/mol. The molecule has 17 heavy (non-hydrogen) atoms. The summed E-state index contributed by atoms with van der Waals surface area (Å²) in [6, 6.07) is 0. The number of anilines is 1. The van der Waals surface area contributed by atoms with Crippen LogP contribution in [0, 0.1) is 0 Å². The smallest absolute Gasteiger partial charge is 0.410 e. The molecule has 1 aliphatic rings. The fourth-order valence-electron chi connectivity index (χ4n) is 1.76. The van der Waals surface area contributed by atoms with Gasteiger partial charge in [-0.25, -0.2) is 14.8 Å². The SMILES string of the molecule is CC(C)OC(=O)N1CCc2nc(N)ncc2C1. The van der Waals surface area contributed by atoms with Gasteiger partial charge in [-0.2, -0.15) is 0 Å². The zero-order valence-electron chi connectivity index (χ0n) is 10.0. The van der Waals surface area contributed by atoms with Gasteiger partial charge in [0.1, 0.15) is 0 Å². The molecule has 0 aliphatic carbocycles. The van der Waals surface area contributed by atoms with Crippen LogP contribution in [-0.2, 0) is 17.7 Å². The summed E-state index contributed by atoms with van der Waals surface area (Å²) in [5, 5.41) is 0. The Labute approximate surface area is 99.8 Å². The maximum absolute atomic E-state index is 11.7. The van der Waals surface area contributed by atoms with Crippen LogP contribution in [0.3, 0.4) is 0 Å². The first kappa shape index (κ1) is 11.6. The van der Waals surface area contributed by atoms with Crippen LogP contribution in [0.1, 0.15) is 25.1 Å². The molecule has 2 N–H and O–H groups in total. The van der Waals surface area contributed by atoms with Gasteiger partial charge in [0.25, 0.3) is 0 Å². The van der Waals surface area contributed by atoms with Crippen LogP contribution < -0.4 is 5.73 Å². The first-order valence-corrected chi connectivity index (χ1v) is 5.62. The predicted octanol–water partition coefficient (Wildman–Crippen LogP) is 0.962. The molecule has 1 aromatic heterocycles. The summed E-state index contributed by atoms with van der Waals surface area (Å²) in [7, 11) is 0. The van der Waals surface area contributed by atoms with Crippen molar-refractivity contribution in [3.63, 3.8) is 0 Å². The molecule has 6 nitrogen and oxygen atoms in total. The minimum Gasteiger partial charge on any atom is -0.447 e. The molecule has 2 rings (SSSR count). The fraction of sp³-hybridized carbons (Fsp3) is 0.545. The van der Waals surface area contributed by atoms with Crippen molar-refractivity contribution < 1.29 is 9.53 Å². The van der Waals surface area contributed by atoms with E-state index in [1.54, 1.807) is 11.1 Å². The van der Waals surface area contributed by atoms with E-state index in [-0.39, 0.29) is 18.1 Å². The van der Waals surface area contributed by atoms with Crippen LogP contribution >= 0.6 is 0 Å². The quantitative estimate of drug-likeness (QED) is 0.785. The number of fused-ring (bicyclic) bond motifs is 1. The lowest BCUT2D eigenvalue weighted by molar-refractivity contribution is 0.0727. The van der Waals surface area contributed by atoms with Gasteiger partial charge in [-0.3, -0.25) is 0 Å². The Morgan fingerprint density at radius 2 is 2.35 bits per heavy atom. The van der Waals surface area contributed by atoms with E-state index in [1.807, 2.05) is 13.8 Å². The van der Waals surface area contributed by atoms with E-state index >= 15 is 0 Å². The van der Waals surface area contributed by atoms with Gasteiger partial charge in [0.2, 0.25) is 5.95 Å². The fourth-order valence-corrected chi connectivity index (χ4v) is 1.76. The number of nitrogens with two attached hydrogens (primary N) is 1. The summed E-state index contributed by atoms with van der Waals surface area (Å²) in [4.78, 5) is 21.5. The number of nitrogen functional groups attached to an aromatic ring is 1. The second kappa shape index (κ2) is 4.57. The third kappa shape index (κ3) is 2.64. The number of amides is 1. The summed E-state index contributed by atoms with van der Waals surface area (Å²) in [5.74, 6) is 0.280. The van der Waals surface area contributed by atoms with Gasteiger partial charge in [0.15, 0.2) is 0 Å². The molecule has 0 saturated carbocycles. The van der Waals surface area contributed by atoms with Crippen LogP contribution in [0.4, 0.5) is 10.7 Å². The Balaban J connectivity index is 2.08. The summed E-state index contributed by atoms with van der Waals surface area (Å²) < 4.78 is 5.15. The van der Waals surface area contributed by atoms with Crippen LogP contribution in [0.15, 0.2) is 6.20 Å². The van der Waals surface area contributed by atoms with Crippen molar-refractivity contribution in [2.45, 2.75) is 32.9 Å². The summed E-state index contributed by atoms with van der Waals surface area (Å²) in [6.45, 7) is 4.76. The Morgan fingerprint density at radius 3 is 3.06 bits per heavy atom. The van der Waals surface area contributed by atoms with Gasteiger partial charge in [-0.15, -0.1) is 0 Å². The molecule has 1 aromatic rings. The lowest BCUT2D eigenvalue weighted by Gasteiger charge is -2.27. The Morgan fingerprint density at radius 1 is 1.59 bits per heavy atom. The number of nitrogens with zero attached hydrogens (tertiary/aromatic N) is 3. The maximum Gasteiger partial charge on any atom is 0.410 e. The third-order valence-electron chi connectivity index (χ3n) is 2.55. The van der Waals surface area contributed by atoms with Gasteiger partial charge < -0.3 is 15.4 Å². The standard InChI is InChI=1S/C11H16N4O2/c1-7(2)17-11(16)15-4-3-9-8(6-15)5-13-10(12)14-9/h5,7H,3-4,6H2,1-2H3,(H2,12,13,14).